The maximum atomic E-state index is 6.45. The molecule has 0 amide bonds. The van der Waals surface area contributed by atoms with E-state index in [0.29, 0.717) is 6.04 Å². The fourth-order valence-corrected chi connectivity index (χ4v) is 4.49. The Kier molecular flexibility index (Phi) is 4.13. The predicted molar refractivity (Wildman–Crippen MR) is 83.9 cm³/mol. The SMILES string of the molecule is CCNC1CC2(CCSCC2)Oc2cc(OC)ccc21. The van der Waals surface area contributed by atoms with Crippen molar-refractivity contribution in [3.63, 3.8) is 0 Å². The van der Waals surface area contributed by atoms with Crippen LogP contribution in [0, 0.1) is 0 Å². The van der Waals surface area contributed by atoms with Crippen LogP contribution in [0.25, 0.3) is 0 Å². The summed E-state index contributed by atoms with van der Waals surface area (Å²) in [6.07, 6.45) is 3.38. The fourth-order valence-electron chi connectivity index (χ4n) is 3.25. The van der Waals surface area contributed by atoms with Crippen LogP contribution in [-0.4, -0.2) is 30.8 Å². The summed E-state index contributed by atoms with van der Waals surface area (Å²) < 4.78 is 11.8. The highest BCUT2D eigenvalue weighted by Gasteiger charge is 2.41. The van der Waals surface area contributed by atoms with Crippen LogP contribution in [0.15, 0.2) is 18.2 Å². The van der Waals surface area contributed by atoms with Crippen molar-refractivity contribution in [1.82, 2.24) is 5.32 Å². The molecule has 1 fully saturated rings. The Bertz CT molecular complexity index is 472. The standard InChI is InChI=1S/C16H23NO2S/c1-3-17-14-11-16(6-8-20-9-7-16)19-15-10-12(18-2)4-5-13(14)15/h4-5,10,14,17H,3,6-9,11H2,1-2H3. The normalized spacial score (nSPS) is 24.0. The molecule has 110 valence electrons. The summed E-state index contributed by atoms with van der Waals surface area (Å²) in [5.41, 5.74) is 1.30. The van der Waals surface area contributed by atoms with E-state index in [1.54, 1.807) is 7.11 Å². The molecule has 0 bridgehead atoms. The molecule has 20 heavy (non-hydrogen) atoms. The summed E-state index contributed by atoms with van der Waals surface area (Å²) in [7, 11) is 1.71. The summed E-state index contributed by atoms with van der Waals surface area (Å²) in [5, 5.41) is 3.62. The van der Waals surface area contributed by atoms with Crippen molar-refractivity contribution in [2.24, 2.45) is 0 Å². The van der Waals surface area contributed by atoms with Gasteiger partial charge in [-0.05, 0) is 37.0 Å². The second-order valence-corrected chi connectivity index (χ2v) is 6.84. The molecule has 2 aliphatic heterocycles. The molecule has 2 heterocycles. The van der Waals surface area contributed by atoms with Crippen molar-refractivity contribution < 1.29 is 9.47 Å². The number of fused-ring (bicyclic) bond motifs is 1. The molecular weight excluding hydrogens is 270 g/mol. The zero-order chi connectivity index (χ0) is 14.0. The molecule has 0 aromatic heterocycles. The van der Waals surface area contributed by atoms with E-state index in [-0.39, 0.29) is 5.60 Å². The maximum absolute atomic E-state index is 6.45. The van der Waals surface area contributed by atoms with Gasteiger partial charge in [-0.25, -0.2) is 0 Å². The maximum Gasteiger partial charge on any atom is 0.128 e. The Labute approximate surface area is 125 Å². The highest BCUT2D eigenvalue weighted by molar-refractivity contribution is 7.99. The third-order valence-corrected chi connectivity index (χ3v) is 5.34. The number of benzene rings is 1. The van der Waals surface area contributed by atoms with Crippen LogP contribution in [-0.2, 0) is 0 Å². The van der Waals surface area contributed by atoms with Gasteiger partial charge < -0.3 is 14.8 Å². The minimum atomic E-state index is 0.0252. The first kappa shape index (κ1) is 14.1. The molecule has 1 aromatic rings. The van der Waals surface area contributed by atoms with Gasteiger partial charge >= 0.3 is 0 Å². The molecule has 1 atom stereocenters. The van der Waals surface area contributed by atoms with Crippen molar-refractivity contribution in [2.75, 3.05) is 25.2 Å². The van der Waals surface area contributed by atoms with Crippen LogP contribution in [0.3, 0.4) is 0 Å². The second-order valence-electron chi connectivity index (χ2n) is 5.62. The summed E-state index contributed by atoms with van der Waals surface area (Å²) in [6.45, 7) is 3.16. The molecule has 2 aliphatic rings. The van der Waals surface area contributed by atoms with Gasteiger partial charge in [-0.15, -0.1) is 0 Å². The van der Waals surface area contributed by atoms with Crippen LogP contribution in [0.4, 0.5) is 0 Å². The quantitative estimate of drug-likeness (QED) is 0.925. The average Bonchev–Trinajstić information content (AvgIpc) is 2.47. The van der Waals surface area contributed by atoms with E-state index in [9.17, 15) is 0 Å². The van der Waals surface area contributed by atoms with Gasteiger partial charge in [-0.1, -0.05) is 13.0 Å². The molecule has 1 unspecified atom stereocenters. The first-order valence-electron chi connectivity index (χ1n) is 7.44. The minimum Gasteiger partial charge on any atom is -0.497 e. The predicted octanol–water partition coefficient (Wildman–Crippen LogP) is 3.39. The lowest BCUT2D eigenvalue weighted by Crippen LogP contribution is -2.46. The fraction of sp³-hybridized carbons (Fsp3) is 0.625. The van der Waals surface area contributed by atoms with E-state index in [2.05, 4.69) is 18.3 Å². The van der Waals surface area contributed by atoms with Crippen molar-refractivity contribution in [3.8, 4) is 11.5 Å². The number of hydrogen-bond donors (Lipinski definition) is 1. The molecular formula is C16H23NO2S. The van der Waals surface area contributed by atoms with Crippen LogP contribution in [0.1, 0.15) is 37.8 Å². The van der Waals surface area contributed by atoms with E-state index in [0.717, 1.165) is 37.3 Å². The monoisotopic (exact) mass is 293 g/mol. The summed E-state index contributed by atoms with van der Waals surface area (Å²) in [6, 6.07) is 6.62. The van der Waals surface area contributed by atoms with Gasteiger partial charge in [0.15, 0.2) is 0 Å². The number of ether oxygens (including phenoxy) is 2. The lowest BCUT2D eigenvalue weighted by Gasteiger charge is -2.44. The van der Waals surface area contributed by atoms with Crippen molar-refractivity contribution in [2.45, 2.75) is 37.8 Å². The molecule has 0 radical (unpaired) electrons. The van der Waals surface area contributed by atoms with Gasteiger partial charge in [-0.3, -0.25) is 0 Å². The number of thioether (sulfide) groups is 1. The number of hydrogen-bond acceptors (Lipinski definition) is 4. The van der Waals surface area contributed by atoms with Crippen LogP contribution >= 0.6 is 11.8 Å². The zero-order valence-corrected chi connectivity index (χ0v) is 13.1. The zero-order valence-electron chi connectivity index (χ0n) is 12.3. The number of methoxy groups -OCH3 is 1. The molecule has 1 spiro atoms. The first-order chi connectivity index (χ1) is 9.76. The third kappa shape index (κ3) is 2.63. The van der Waals surface area contributed by atoms with E-state index in [1.807, 2.05) is 23.9 Å². The molecule has 0 aliphatic carbocycles. The van der Waals surface area contributed by atoms with Gasteiger partial charge in [0.2, 0.25) is 0 Å². The Morgan fingerprint density at radius 3 is 2.90 bits per heavy atom. The van der Waals surface area contributed by atoms with E-state index < -0.39 is 0 Å². The minimum absolute atomic E-state index is 0.0252. The Morgan fingerprint density at radius 2 is 2.20 bits per heavy atom. The largest absolute Gasteiger partial charge is 0.497 e. The average molecular weight is 293 g/mol. The molecule has 1 aromatic carbocycles. The van der Waals surface area contributed by atoms with Gasteiger partial charge in [-0.2, -0.15) is 11.8 Å². The Hall–Kier alpha value is -0.870. The van der Waals surface area contributed by atoms with Gasteiger partial charge in [0.05, 0.1) is 7.11 Å². The number of nitrogens with one attached hydrogen (secondary N) is 1. The highest BCUT2D eigenvalue weighted by atomic mass is 32.2. The van der Waals surface area contributed by atoms with Crippen molar-refractivity contribution in [1.29, 1.82) is 0 Å². The Balaban J connectivity index is 1.94. The van der Waals surface area contributed by atoms with Crippen molar-refractivity contribution in [3.05, 3.63) is 23.8 Å². The van der Waals surface area contributed by atoms with Crippen LogP contribution in [0.5, 0.6) is 11.5 Å². The number of rotatable bonds is 3. The first-order valence-corrected chi connectivity index (χ1v) is 8.60. The molecule has 1 saturated heterocycles. The van der Waals surface area contributed by atoms with Gasteiger partial charge in [0, 0.05) is 24.1 Å². The molecule has 4 heteroatoms. The van der Waals surface area contributed by atoms with E-state index >= 15 is 0 Å². The smallest absolute Gasteiger partial charge is 0.128 e. The summed E-state index contributed by atoms with van der Waals surface area (Å²) >= 11 is 2.04. The van der Waals surface area contributed by atoms with Gasteiger partial charge in [0.1, 0.15) is 17.1 Å². The summed E-state index contributed by atoms with van der Waals surface area (Å²) in [5.74, 6) is 4.30. The lowest BCUT2D eigenvalue weighted by molar-refractivity contribution is 0.0226. The summed E-state index contributed by atoms with van der Waals surface area (Å²) in [4.78, 5) is 0. The molecule has 0 saturated carbocycles. The van der Waals surface area contributed by atoms with Crippen LogP contribution < -0.4 is 14.8 Å². The topological polar surface area (TPSA) is 30.5 Å². The molecule has 3 rings (SSSR count). The second kappa shape index (κ2) is 5.86. The third-order valence-electron chi connectivity index (χ3n) is 4.35. The lowest BCUT2D eigenvalue weighted by atomic mass is 9.83. The van der Waals surface area contributed by atoms with E-state index in [1.165, 1.54) is 17.1 Å². The highest BCUT2D eigenvalue weighted by Crippen LogP contribution is 2.46. The Morgan fingerprint density at radius 1 is 1.40 bits per heavy atom. The molecule has 3 nitrogen and oxygen atoms in total. The molecule has 1 N–H and O–H groups in total. The van der Waals surface area contributed by atoms with Crippen LogP contribution in [0.2, 0.25) is 0 Å². The van der Waals surface area contributed by atoms with E-state index in [4.69, 9.17) is 9.47 Å². The van der Waals surface area contributed by atoms with Gasteiger partial charge in [0.25, 0.3) is 0 Å². The van der Waals surface area contributed by atoms with Crippen molar-refractivity contribution >= 4 is 11.8 Å².